The third-order valence-corrected chi connectivity index (χ3v) is 4.46. The molecule has 0 saturated heterocycles. The number of benzene rings is 1. The second-order valence-electron chi connectivity index (χ2n) is 5.77. The predicted molar refractivity (Wildman–Crippen MR) is 102 cm³/mol. The van der Waals surface area contributed by atoms with Crippen LogP contribution in [0, 0.1) is 13.8 Å². The Kier molecular flexibility index (Phi) is 6.39. The molecule has 0 amide bonds. The average molecular weight is 377 g/mol. The third-order valence-electron chi connectivity index (χ3n) is 3.57. The van der Waals surface area contributed by atoms with Crippen molar-refractivity contribution in [3.63, 3.8) is 0 Å². The van der Waals surface area contributed by atoms with Crippen LogP contribution in [-0.2, 0) is 0 Å². The van der Waals surface area contributed by atoms with E-state index in [9.17, 15) is 0 Å². The smallest absolute Gasteiger partial charge is 0.229 e. The maximum Gasteiger partial charge on any atom is 0.229 e. The zero-order valence-electron chi connectivity index (χ0n) is 14.4. The van der Waals surface area contributed by atoms with Crippen LogP contribution in [0.2, 0.25) is 0 Å². The Morgan fingerprint density at radius 3 is 2.35 bits per heavy atom. The van der Waals surface area contributed by atoms with Crippen LogP contribution in [0.4, 0.5) is 17.5 Å². The summed E-state index contributed by atoms with van der Waals surface area (Å²) in [5.41, 5.74) is 3.16. The van der Waals surface area contributed by atoms with E-state index in [4.69, 9.17) is 4.98 Å². The lowest BCUT2D eigenvalue weighted by atomic mass is 10.2. The fourth-order valence-electron chi connectivity index (χ4n) is 2.50. The molecule has 0 unspecified atom stereocenters. The van der Waals surface area contributed by atoms with Gasteiger partial charge in [0, 0.05) is 35.0 Å². The highest BCUT2D eigenvalue weighted by atomic mass is 79.9. The van der Waals surface area contributed by atoms with Crippen molar-refractivity contribution >= 4 is 33.4 Å². The third kappa shape index (κ3) is 4.93. The van der Waals surface area contributed by atoms with E-state index in [0.29, 0.717) is 5.95 Å². The molecule has 23 heavy (non-hydrogen) atoms. The van der Waals surface area contributed by atoms with E-state index in [1.165, 1.54) is 5.56 Å². The van der Waals surface area contributed by atoms with Gasteiger partial charge in [-0.1, -0.05) is 29.8 Å². The Labute approximate surface area is 147 Å². The first-order chi connectivity index (χ1) is 11.0. The summed E-state index contributed by atoms with van der Waals surface area (Å²) in [7, 11) is 0. The molecule has 1 N–H and O–H groups in total. The van der Waals surface area contributed by atoms with Gasteiger partial charge in [-0.05, 0) is 50.5 Å². The van der Waals surface area contributed by atoms with E-state index in [1.54, 1.807) is 0 Å². The summed E-state index contributed by atoms with van der Waals surface area (Å²) in [5.74, 6) is 1.65. The van der Waals surface area contributed by atoms with Gasteiger partial charge in [0.1, 0.15) is 5.82 Å². The maximum atomic E-state index is 4.71. The minimum Gasteiger partial charge on any atom is -0.356 e. The molecule has 124 valence electrons. The minimum absolute atomic E-state index is 0.652. The first kappa shape index (κ1) is 17.7. The Bertz CT molecular complexity index is 651. The molecule has 5 heteroatoms. The minimum atomic E-state index is 0.652. The number of aryl methyl sites for hydroxylation is 2. The second-order valence-corrected chi connectivity index (χ2v) is 6.62. The van der Waals surface area contributed by atoms with E-state index < -0.39 is 0 Å². The number of halogens is 1. The van der Waals surface area contributed by atoms with Crippen molar-refractivity contribution in [3.05, 3.63) is 40.0 Å². The molecule has 2 aromatic rings. The lowest BCUT2D eigenvalue weighted by molar-refractivity contribution is 0.732. The summed E-state index contributed by atoms with van der Waals surface area (Å²) in [6.45, 7) is 10.5. The summed E-state index contributed by atoms with van der Waals surface area (Å²) in [4.78, 5) is 11.6. The molecule has 0 fully saturated rings. The average Bonchev–Trinajstić information content (AvgIpc) is 2.50. The van der Waals surface area contributed by atoms with Crippen LogP contribution in [-0.4, -0.2) is 23.1 Å². The van der Waals surface area contributed by atoms with Crippen molar-refractivity contribution in [2.75, 3.05) is 23.3 Å². The monoisotopic (exact) mass is 376 g/mol. The molecule has 0 aliphatic carbocycles. The molecule has 1 heterocycles. The molecule has 0 aliphatic heterocycles. The van der Waals surface area contributed by atoms with Crippen LogP contribution < -0.4 is 10.2 Å². The van der Waals surface area contributed by atoms with E-state index in [-0.39, 0.29) is 0 Å². The van der Waals surface area contributed by atoms with Gasteiger partial charge < -0.3 is 10.2 Å². The fraction of sp³-hybridized carbons (Fsp3) is 0.444. The van der Waals surface area contributed by atoms with Gasteiger partial charge >= 0.3 is 0 Å². The number of hydrogen-bond donors (Lipinski definition) is 1. The molecular weight excluding hydrogens is 352 g/mol. The van der Waals surface area contributed by atoms with Gasteiger partial charge in [0.2, 0.25) is 5.95 Å². The van der Waals surface area contributed by atoms with Gasteiger partial charge in [-0.2, -0.15) is 4.98 Å². The highest BCUT2D eigenvalue weighted by Gasteiger charge is 2.10. The number of aromatic nitrogens is 2. The lowest BCUT2D eigenvalue weighted by Gasteiger charge is -2.23. The Hall–Kier alpha value is -1.62. The van der Waals surface area contributed by atoms with Crippen LogP contribution in [0.25, 0.3) is 0 Å². The number of hydrogen-bond acceptors (Lipinski definition) is 4. The molecular formula is C18H25BrN4. The van der Waals surface area contributed by atoms with Gasteiger partial charge in [-0.15, -0.1) is 0 Å². The Morgan fingerprint density at radius 1 is 1.04 bits per heavy atom. The fourth-order valence-corrected chi connectivity index (χ4v) is 2.75. The van der Waals surface area contributed by atoms with E-state index in [0.717, 1.165) is 47.6 Å². The van der Waals surface area contributed by atoms with E-state index in [1.807, 2.05) is 19.1 Å². The topological polar surface area (TPSA) is 41.1 Å². The Balaban J connectivity index is 2.26. The molecule has 0 spiro atoms. The van der Waals surface area contributed by atoms with Gasteiger partial charge in [-0.25, -0.2) is 4.98 Å². The summed E-state index contributed by atoms with van der Waals surface area (Å²) < 4.78 is 1.10. The number of nitrogens with one attached hydrogen (secondary N) is 1. The van der Waals surface area contributed by atoms with E-state index in [2.05, 4.69) is 64.0 Å². The van der Waals surface area contributed by atoms with Crippen LogP contribution in [0.5, 0.6) is 0 Å². The molecule has 0 aliphatic rings. The normalized spacial score (nSPS) is 10.7. The number of rotatable bonds is 7. The van der Waals surface area contributed by atoms with Crippen molar-refractivity contribution < 1.29 is 0 Å². The molecule has 1 aromatic carbocycles. The van der Waals surface area contributed by atoms with Crippen molar-refractivity contribution in [2.45, 2.75) is 40.5 Å². The molecule has 1 aromatic heterocycles. The van der Waals surface area contributed by atoms with Crippen LogP contribution in [0.1, 0.15) is 37.9 Å². The van der Waals surface area contributed by atoms with Crippen LogP contribution in [0.3, 0.4) is 0 Å². The highest BCUT2D eigenvalue weighted by molar-refractivity contribution is 9.10. The number of nitrogens with zero attached hydrogens (tertiary/aromatic N) is 3. The van der Waals surface area contributed by atoms with Crippen molar-refractivity contribution in [3.8, 4) is 0 Å². The quantitative estimate of drug-likeness (QED) is 0.718. The summed E-state index contributed by atoms with van der Waals surface area (Å²) >= 11 is 3.53. The van der Waals surface area contributed by atoms with Crippen LogP contribution in [0.15, 0.2) is 28.7 Å². The largest absolute Gasteiger partial charge is 0.356 e. The highest BCUT2D eigenvalue weighted by Crippen LogP contribution is 2.23. The zero-order chi connectivity index (χ0) is 16.8. The van der Waals surface area contributed by atoms with Gasteiger partial charge in [0.25, 0.3) is 0 Å². The molecule has 4 nitrogen and oxygen atoms in total. The molecule has 0 bridgehead atoms. The van der Waals surface area contributed by atoms with E-state index >= 15 is 0 Å². The van der Waals surface area contributed by atoms with Gasteiger partial charge in [0.05, 0.1) is 0 Å². The predicted octanol–water partition coefficient (Wildman–Crippen LogP) is 5.23. The van der Waals surface area contributed by atoms with Crippen molar-refractivity contribution in [2.24, 2.45) is 0 Å². The van der Waals surface area contributed by atoms with Crippen molar-refractivity contribution in [1.29, 1.82) is 0 Å². The standard InChI is InChI=1S/C18H25BrN4/c1-5-9-23(10-6-2)17-12-14(4)20-18(22-17)21-15-7-8-16(19)13(3)11-15/h7-8,11-12H,5-6,9-10H2,1-4H3,(H,20,21,22). The number of anilines is 3. The lowest BCUT2D eigenvalue weighted by Crippen LogP contribution is -2.26. The maximum absolute atomic E-state index is 4.71. The Morgan fingerprint density at radius 2 is 1.74 bits per heavy atom. The summed E-state index contributed by atoms with van der Waals surface area (Å²) in [6.07, 6.45) is 2.22. The van der Waals surface area contributed by atoms with Gasteiger partial charge in [0.15, 0.2) is 0 Å². The zero-order valence-corrected chi connectivity index (χ0v) is 15.9. The SMILES string of the molecule is CCCN(CCC)c1cc(C)nc(Nc2ccc(Br)c(C)c2)n1. The summed E-state index contributed by atoms with van der Waals surface area (Å²) in [6, 6.07) is 8.21. The molecule has 2 rings (SSSR count). The van der Waals surface area contributed by atoms with Gasteiger partial charge in [-0.3, -0.25) is 0 Å². The first-order valence-corrected chi connectivity index (χ1v) is 8.96. The molecule has 0 radical (unpaired) electrons. The first-order valence-electron chi connectivity index (χ1n) is 8.17. The van der Waals surface area contributed by atoms with Crippen LogP contribution >= 0.6 is 15.9 Å². The summed E-state index contributed by atoms with van der Waals surface area (Å²) in [5, 5.41) is 3.32. The van der Waals surface area contributed by atoms with Crippen molar-refractivity contribution in [1.82, 2.24) is 9.97 Å². The second kappa shape index (κ2) is 8.29. The molecule has 0 saturated carbocycles. The molecule has 0 atom stereocenters.